The van der Waals surface area contributed by atoms with E-state index in [1.165, 1.54) is 4.90 Å². The molecule has 1 aromatic carbocycles. The number of anilines is 2. The number of nitrogens with one attached hydrogen (secondary N) is 3. The number of aliphatic imine (C=N–C) groups is 2. The van der Waals surface area contributed by atoms with Gasteiger partial charge in [0.05, 0.1) is 31.3 Å². The number of hydrogen-bond acceptors (Lipinski definition) is 20. The highest BCUT2D eigenvalue weighted by Gasteiger charge is 2.34. The Morgan fingerprint density at radius 2 is 1.44 bits per heavy atom. The quantitative estimate of drug-likeness (QED) is 0.0251. The Hall–Kier alpha value is -4.37. The second-order valence-electron chi connectivity index (χ2n) is 14.6. The van der Waals surface area contributed by atoms with Crippen molar-refractivity contribution in [3.8, 4) is 0 Å². The van der Waals surface area contributed by atoms with Crippen LogP contribution in [0.4, 0.5) is 11.6 Å². The van der Waals surface area contributed by atoms with Crippen molar-refractivity contribution >= 4 is 46.8 Å². The maximum absolute atomic E-state index is 12.7. The normalized spacial score (nSPS) is 18.5. The molecule has 2 heterocycles. The standard InChI is InChI=1S/C37H60ClN11O12/c38-33-35(40)47-34(39)28(46-33)36(61)48-37(41)43-10-2-1-3-19-4-6-20(7-5-19)21-13-44-26(45-14-21)8-9-27(56)42-11-12-49(15-22(52)29(57)31(59)24(54)17-50)16-23(53)30(58)32(60)25(55)18-51/h4-7,21-25,29-32,50-55,57-60H,1-3,8-18H2,(H,42,56)(H,44,45)(H4,39,40,47)(H3,41,43,48,61). The van der Waals surface area contributed by atoms with Crippen molar-refractivity contribution in [2.75, 3.05) is 70.5 Å². The average Bonchev–Trinajstić information content (AvgIpc) is 3.25. The highest BCUT2D eigenvalue weighted by Crippen LogP contribution is 2.21. The van der Waals surface area contributed by atoms with Gasteiger partial charge in [-0.25, -0.2) is 9.97 Å². The van der Waals surface area contributed by atoms with E-state index < -0.39 is 81.0 Å². The van der Waals surface area contributed by atoms with Gasteiger partial charge in [-0.05, 0) is 30.4 Å². The number of carbonyl (C=O) groups excluding carboxylic acids is 2. The second kappa shape index (κ2) is 25.5. The third kappa shape index (κ3) is 16.4. The Labute approximate surface area is 357 Å². The number of nitrogens with two attached hydrogens (primary N) is 3. The highest BCUT2D eigenvalue weighted by molar-refractivity contribution is 6.31. The molecule has 0 aliphatic carbocycles. The molecule has 0 spiro atoms. The average molecular weight is 886 g/mol. The van der Waals surface area contributed by atoms with E-state index in [1.54, 1.807) is 0 Å². The smallest absolute Gasteiger partial charge is 0.280 e. The van der Waals surface area contributed by atoms with Gasteiger partial charge < -0.3 is 78.9 Å². The number of benzene rings is 1. The first-order chi connectivity index (χ1) is 28.9. The Morgan fingerprint density at radius 3 is 2.00 bits per heavy atom. The molecule has 3 rings (SSSR count). The van der Waals surface area contributed by atoms with Crippen LogP contribution in [0, 0.1) is 0 Å². The number of aryl methyl sites for hydroxylation is 1. The summed E-state index contributed by atoms with van der Waals surface area (Å²) in [6.07, 6.45) is -11.9. The Balaban J connectivity index is 1.41. The van der Waals surface area contributed by atoms with E-state index in [9.17, 15) is 50.4 Å². The molecule has 1 aliphatic rings. The minimum absolute atomic E-state index is 0.0245. The van der Waals surface area contributed by atoms with Crippen LogP contribution in [0.2, 0.25) is 5.15 Å². The van der Waals surface area contributed by atoms with E-state index in [0.29, 0.717) is 38.3 Å². The zero-order valence-electron chi connectivity index (χ0n) is 33.5. The molecule has 24 heteroatoms. The van der Waals surface area contributed by atoms with Crippen LogP contribution in [0.3, 0.4) is 0 Å². The molecule has 2 aromatic rings. The predicted octanol–water partition coefficient (Wildman–Crippen LogP) is -5.48. The lowest BCUT2D eigenvalue weighted by Gasteiger charge is -2.33. The fourth-order valence-electron chi connectivity index (χ4n) is 6.20. The summed E-state index contributed by atoms with van der Waals surface area (Å²) in [7, 11) is 0. The summed E-state index contributed by atoms with van der Waals surface area (Å²) in [6, 6.07) is 8.23. The molecular weight excluding hydrogens is 826 g/mol. The molecular formula is C37H60ClN11O12. The number of aromatic nitrogens is 2. The molecule has 2 amide bonds. The monoisotopic (exact) mass is 885 g/mol. The molecule has 0 bridgehead atoms. The number of amides is 2. The highest BCUT2D eigenvalue weighted by atomic mass is 35.5. The molecule has 1 aliphatic heterocycles. The molecule has 9 atom stereocenters. The number of unbranched alkanes of at least 4 members (excludes halogenated alkanes) is 1. The van der Waals surface area contributed by atoms with Crippen LogP contribution in [0.15, 0.2) is 34.3 Å². The summed E-state index contributed by atoms with van der Waals surface area (Å²) >= 11 is 5.82. The fourth-order valence-corrected chi connectivity index (χ4v) is 6.32. The molecule has 9 unspecified atom stereocenters. The van der Waals surface area contributed by atoms with Crippen molar-refractivity contribution in [1.29, 1.82) is 0 Å². The SMILES string of the molecule is NC(=NCCCCc1ccc(C2CN=C(CCC(=O)NCCN(CC(O)C(O)C(O)C(O)CO)CC(O)C(O)C(O)C(O)CO)NC2)cc1)NC(=O)c1nc(Cl)c(N)nc1N. The van der Waals surface area contributed by atoms with Crippen LogP contribution >= 0.6 is 11.6 Å². The first-order valence-electron chi connectivity index (χ1n) is 19.7. The van der Waals surface area contributed by atoms with E-state index in [4.69, 9.17) is 39.0 Å². The van der Waals surface area contributed by atoms with Gasteiger partial charge >= 0.3 is 0 Å². The number of aliphatic hydroxyl groups excluding tert-OH is 10. The van der Waals surface area contributed by atoms with Gasteiger partial charge in [0.2, 0.25) is 5.91 Å². The van der Waals surface area contributed by atoms with E-state index >= 15 is 0 Å². The summed E-state index contributed by atoms with van der Waals surface area (Å²) in [4.78, 5) is 42.7. The molecule has 342 valence electrons. The predicted molar refractivity (Wildman–Crippen MR) is 223 cm³/mol. The zero-order valence-corrected chi connectivity index (χ0v) is 34.3. The molecule has 0 fully saturated rings. The number of aliphatic hydroxyl groups is 10. The van der Waals surface area contributed by atoms with Gasteiger partial charge in [0.15, 0.2) is 28.4 Å². The minimum Gasteiger partial charge on any atom is -0.394 e. The maximum atomic E-state index is 12.7. The number of guanidine groups is 1. The van der Waals surface area contributed by atoms with Gasteiger partial charge in [-0.3, -0.25) is 29.8 Å². The Kier molecular flexibility index (Phi) is 21.3. The fraction of sp³-hybridized carbons (Fsp3) is 0.622. The summed E-state index contributed by atoms with van der Waals surface area (Å²) in [5, 5.41) is 107. The molecule has 0 saturated carbocycles. The number of nitrogen functional groups attached to an aromatic ring is 2. The first kappa shape index (κ1) is 51.0. The van der Waals surface area contributed by atoms with Crippen LogP contribution < -0.4 is 33.2 Å². The molecule has 23 nitrogen and oxygen atoms in total. The summed E-state index contributed by atoms with van der Waals surface area (Å²) < 4.78 is 0. The summed E-state index contributed by atoms with van der Waals surface area (Å²) in [6.45, 7) is -1.25. The van der Waals surface area contributed by atoms with Crippen LogP contribution in [-0.2, 0) is 11.2 Å². The number of amidine groups is 1. The zero-order chi connectivity index (χ0) is 45.2. The van der Waals surface area contributed by atoms with Crippen LogP contribution in [-0.4, -0.2) is 197 Å². The second-order valence-corrected chi connectivity index (χ2v) is 15.0. The Morgan fingerprint density at radius 1 is 0.852 bits per heavy atom. The van der Waals surface area contributed by atoms with Gasteiger partial charge in [0.25, 0.3) is 5.91 Å². The van der Waals surface area contributed by atoms with Crippen LogP contribution in [0.25, 0.3) is 0 Å². The number of halogens is 1. The van der Waals surface area contributed by atoms with Gasteiger partial charge in [0, 0.05) is 64.6 Å². The number of rotatable bonds is 25. The minimum atomic E-state index is -1.92. The third-order valence-corrected chi connectivity index (χ3v) is 10.2. The lowest BCUT2D eigenvalue weighted by Crippen LogP contribution is -2.54. The van der Waals surface area contributed by atoms with Crippen molar-refractivity contribution < 1.29 is 60.7 Å². The number of nitrogens with zero attached hydrogens (tertiary/aromatic N) is 5. The summed E-state index contributed by atoms with van der Waals surface area (Å²) in [5.74, 6) is -0.638. The molecule has 0 saturated heterocycles. The first-order valence-corrected chi connectivity index (χ1v) is 20.0. The van der Waals surface area contributed by atoms with Crippen molar-refractivity contribution in [3.05, 3.63) is 46.2 Å². The summed E-state index contributed by atoms with van der Waals surface area (Å²) in [5.41, 5.74) is 19.1. The van der Waals surface area contributed by atoms with Crippen molar-refractivity contribution in [2.45, 2.75) is 86.9 Å². The Bertz CT molecular complexity index is 1720. The molecule has 0 radical (unpaired) electrons. The molecule has 1 aromatic heterocycles. The van der Waals surface area contributed by atoms with E-state index in [-0.39, 0.29) is 59.8 Å². The van der Waals surface area contributed by atoms with Gasteiger partial charge in [-0.2, -0.15) is 0 Å². The third-order valence-electron chi connectivity index (χ3n) is 9.90. The van der Waals surface area contributed by atoms with Crippen molar-refractivity contribution in [3.63, 3.8) is 0 Å². The lowest BCUT2D eigenvalue weighted by molar-refractivity contribution is -0.130. The largest absolute Gasteiger partial charge is 0.394 e. The van der Waals surface area contributed by atoms with Crippen molar-refractivity contribution in [2.24, 2.45) is 15.7 Å². The van der Waals surface area contributed by atoms with E-state index in [1.807, 2.05) is 0 Å². The van der Waals surface area contributed by atoms with Gasteiger partial charge in [-0.15, -0.1) is 0 Å². The van der Waals surface area contributed by atoms with Gasteiger partial charge in [-0.1, -0.05) is 35.9 Å². The van der Waals surface area contributed by atoms with Crippen LogP contribution in [0.1, 0.15) is 53.2 Å². The van der Waals surface area contributed by atoms with E-state index in [2.05, 4.69) is 60.2 Å². The van der Waals surface area contributed by atoms with Crippen LogP contribution in [0.5, 0.6) is 0 Å². The van der Waals surface area contributed by atoms with Crippen molar-refractivity contribution in [1.82, 2.24) is 30.8 Å². The number of carbonyl (C=O) groups is 2. The topological polar surface area (TPSA) is 404 Å². The van der Waals surface area contributed by atoms with Gasteiger partial charge in [0.1, 0.15) is 36.6 Å². The maximum Gasteiger partial charge on any atom is 0.280 e. The number of hydrogen-bond donors (Lipinski definition) is 16. The molecule has 61 heavy (non-hydrogen) atoms. The van der Waals surface area contributed by atoms with E-state index in [0.717, 1.165) is 24.0 Å². The molecule has 19 N–H and O–H groups in total. The lowest BCUT2D eigenvalue weighted by atomic mass is 9.95.